The molecular formula is C31H41FN4O6. The number of benzene rings is 2. The Morgan fingerprint density at radius 1 is 1.07 bits per heavy atom. The number of nitrogens with zero attached hydrogens (tertiary/aromatic N) is 4. The van der Waals surface area contributed by atoms with Gasteiger partial charge in [0.2, 0.25) is 5.91 Å². The van der Waals surface area contributed by atoms with Crippen molar-refractivity contribution in [2.24, 2.45) is 0 Å². The minimum absolute atomic E-state index is 0.0686. The van der Waals surface area contributed by atoms with Gasteiger partial charge in [-0.3, -0.25) is 9.69 Å². The lowest BCUT2D eigenvalue weighted by molar-refractivity contribution is -0.138. The first-order valence-corrected chi connectivity index (χ1v) is 14.2. The molecule has 3 aromatic rings. The maximum absolute atomic E-state index is 13.3. The quantitative estimate of drug-likeness (QED) is 0.289. The normalized spacial score (nSPS) is 17.6. The number of methoxy groups -OCH3 is 2. The van der Waals surface area contributed by atoms with E-state index in [4.69, 9.17) is 18.9 Å². The highest BCUT2D eigenvalue weighted by Gasteiger charge is 2.37. The monoisotopic (exact) mass is 584 g/mol. The number of amides is 1. The molecule has 1 unspecified atom stereocenters. The molecule has 1 amide bonds. The topological polar surface area (TPSA) is 98.5 Å². The average molecular weight is 585 g/mol. The Morgan fingerprint density at radius 2 is 1.88 bits per heavy atom. The van der Waals surface area contributed by atoms with Crippen LogP contribution >= 0.6 is 0 Å². The van der Waals surface area contributed by atoms with Crippen molar-refractivity contribution in [3.8, 4) is 17.2 Å². The van der Waals surface area contributed by atoms with Crippen LogP contribution in [0.25, 0.3) is 0 Å². The zero-order valence-corrected chi connectivity index (χ0v) is 24.6. The number of aryl methyl sites for hydroxylation is 2. The third-order valence-corrected chi connectivity index (χ3v) is 7.18. The average Bonchev–Trinajstić information content (AvgIpc) is 3.38. The summed E-state index contributed by atoms with van der Waals surface area (Å²) in [6.07, 6.45) is 5.53. The molecule has 1 N–H and O–H groups in total. The number of β-amino-alcohol motifs (C(OH)–C–C–N with tert-alkyl or cyclic N) is 1. The van der Waals surface area contributed by atoms with E-state index < -0.39 is 5.60 Å². The fraction of sp³-hybridized carbons (Fsp3) is 0.484. The Kier molecular flexibility index (Phi) is 11.2. The first kappa shape index (κ1) is 31.3. The van der Waals surface area contributed by atoms with Crippen LogP contribution in [0.15, 0.2) is 54.9 Å². The molecule has 1 aliphatic heterocycles. The summed E-state index contributed by atoms with van der Waals surface area (Å²) in [7, 11) is 3.08. The summed E-state index contributed by atoms with van der Waals surface area (Å²) in [5.41, 5.74) is -0.391. The summed E-state index contributed by atoms with van der Waals surface area (Å²) in [4.78, 5) is 20.7. The van der Waals surface area contributed by atoms with Gasteiger partial charge in [0.15, 0.2) is 11.5 Å². The number of halogens is 1. The number of hydrogen-bond donors (Lipinski definition) is 1. The highest BCUT2D eigenvalue weighted by Crippen LogP contribution is 2.29. The largest absolute Gasteiger partial charge is 0.493 e. The molecule has 2 heterocycles. The van der Waals surface area contributed by atoms with Crippen LogP contribution in [0.4, 0.5) is 4.39 Å². The van der Waals surface area contributed by atoms with E-state index in [9.17, 15) is 14.3 Å². The summed E-state index contributed by atoms with van der Waals surface area (Å²) in [6, 6.07) is 11.4. The Bertz CT molecular complexity index is 1290. The van der Waals surface area contributed by atoms with E-state index in [2.05, 4.69) is 21.4 Å². The van der Waals surface area contributed by atoms with Gasteiger partial charge in [-0.15, -0.1) is 0 Å². The molecule has 228 valence electrons. The zero-order valence-electron chi connectivity index (χ0n) is 24.6. The predicted octanol–water partition coefficient (Wildman–Crippen LogP) is 3.16. The van der Waals surface area contributed by atoms with E-state index in [1.54, 1.807) is 12.0 Å². The van der Waals surface area contributed by atoms with Crippen molar-refractivity contribution < 1.29 is 33.2 Å². The number of carbonyl (C=O) groups excluding carboxylic acids is 1. The number of carbonyl (C=O) groups is 1. The second kappa shape index (κ2) is 15.0. The smallest absolute Gasteiger partial charge is 0.248 e. The second-order valence-corrected chi connectivity index (χ2v) is 10.5. The van der Waals surface area contributed by atoms with Gasteiger partial charge in [0.1, 0.15) is 36.2 Å². The molecule has 1 aromatic heterocycles. The third kappa shape index (κ3) is 8.67. The highest BCUT2D eigenvalue weighted by atomic mass is 19.1. The lowest BCUT2D eigenvalue weighted by Crippen LogP contribution is -2.52. The predicted molar refractivity (Wildman–Crippen MR) is 155 cm³/mol. The van der Waals surface area contributed by atoms with Crippen molar-refractivity contribution in [2.45, 2.75) is 38.5 Å². The Balaban J connectivity index is 1.40. The molecule has 10 nitrogen and oxygen atoms in total. The van der Waals surface area contributed by atoms with Crippen molar-refractivity contribution in [1.82, 2.24) is 19.4 Å². The van der Waals surface area contributed by atoms with E-state index in [0.29, 0.717) is 43.5 Å². The molecule has 0 spiro atoms. The second-order valence-electron chi connectivity index (χ2n) is 10.5. The van der Waals surface area contributed by atoms with Gasteiger partial charge in [-0.05, 0) is 48.4 Å². The van der Waals surface area contributed by atoms with Gasteiger partial charge in [0, 0.05) is 58.6 Å². The van der Waals surface area contributed by atoms with E-state index in [0.717, 1.165) is 30.8 Å². The van der Waals surface area contributed by atoms with Crippen LogP contribution in [0, 0.1) is 5.82 Å². The molecule has 11 heteroatoms. The molecule has 0 radical (unpaired) electrons. The molecular weight excluding hydrogens is 543 g/mol. The van der Waals surface area contributed by atoms with Crippen LogP contribution in [0.2, 0.25) is 0 Å². The minimum atomic E-state index is -1.37. The fourth-order valence-corrected chi connectivity index (χ4v) is 5.11. The van der Waals surface area contributed by atoms with E-state index in [1.165, 1.54) is 31.4 Å². The Hall–Kier alpha value is -3.67. The number of imidazole rings is 1. The van der Waals surface area contributed by atoms with Crippen LogP contribution in [-0.2, 0) is 29.0 Å². The standard InChI is InChI=1S/C31H41FN4O6/c1-4-29-33-12-14-35(29)13-5-17-41-27-11-6-24(18-28(27)40-3)19-34-15-16-36(30(37)20-39-2)22-31(38,21-34)23-42-26-9-7-25(32)8-10-26/h6-12,14,18,38H,4-5,13,15-17,19-23H2,1-3H3. The van der Waals surface area contributed by atoms with Gasteiger partial charge in [-0.25, -0.2) is 9.37 Å². The number of aliphatic hydroxyl groups is 1. The number of rotatable bonds is 14. The molecule has 1 fully saturated rings. The van der Waals surface area contributed by atoms with Crippen molar-refractivity contribution in [3.05, 3.63) is 72.1 Å². The molecule has 0 aliphatic carbocycles. The Labute approximate surface area is 246 Å². The molecule has 2 aromatic carbocycles. The van der Waals surface area contributed by atoms with Crippen molar-refractivity contribution in [2.75, 3.05) is 60.2 Å². The van der Waals surface area contributed by atoms with Crippen LogP contribution in [0.1, 0.15) is 24.7 Å². The summed E-state index contributed by atoms with van der Waals surface area (Å²) >= 11 is 0. The van der Waals surface area contributed by atoms with Gasteiger partial charge in [0.05, 0.1) is 20.3 Å². The molecule has 4 rings (SSSR count). The first-order chi connectivity index (χ1) is 20.3. The van der Waals surface area contributed by atoms with Gasteiger partial charge in [-0.1, -0.05) is 13.0 Å². The number of ether oxygens (including phenoxy) is 4. The maximum Gasteiger partial charge on any atom is 0.248 e. The molecule has 1 aliphatic rings. The maximum atomic E-state index is 13.3. The molecule has 1 atom stereocenters. The van der Waals surface area contributed by atoms with E-state index in [1.807, 2.05) is 30.6 Å². The van der Waals surface area contributed by atoms with Gasteiger partial charge >= 0.3 is 0 Å². The van der Waals surface area contributed by atoms with Gasteiger partial charge in [0.25, 0.3) is 0 Å². The summed E-state index contributed by atoms with van der Waals surface area (Å²) in [5.74, 6) is 2.22. The number of aromatic nitrogens is 2. The van der Waals surface area contributed by atoms with Crippen LogP contribution < -0.4 is 14.2 Å². The van der Waals surface area contributed by atoms with E-state index >= 15 is 0 Å². The molecule has 1 saturated heterocycles. The lowest BCUT2D eigenvalue weighted by Gasteiger charge is -2.33. The summed E-state index contributed by atoms with van der Waals surface area (Å²) in [5, 5.41) is 11.6. The zero-order chi connectivity index (χ0) is 30.0. The van der Waals surface area contributed by atoms with Crippen LogP contribution in [0.5, 0.6) is 17.2 Å². The van der Waals surface area contributed by atoms with Crippen LogP contribution in [0.3, 0.4) is 0 Å². The SMILES string of the molecule is CCc1nccn1CCCOc1ccc(CN2CCN(C(=O)COC)CC(O)(COc3ccc(F)cc3)C2)cc1OC. The molecule has 0 bridgehead atoms. The summed E-state index contributed by atoms with van der Waals surface area (Å²) < 4.78 is 38.0. The first-order valence-electron chi connectivity index (χ1n) is 14.2. The van der Waals surface area contributed by atoms with Gasteiger partial charge < -0.3 is 33.5 Å². The van der Waals surface area contributed by atoms with Crippen molar-refractivity contribution in [1.29, 1.82) is 0 Å². The highest BCUT2D eigenvalue weighted by molar-refractivity contribution is 5.77. The fourth-order valence-electron chi connectivity index (χ4n) is 5.11. The Morgan fingerprint density at radius 3 is 2.62 bits per heavy atom. The van der Waals surface area contributed by atoms with Crippen molar-refractivity contribution >= 4 is 5.91 Å². The van der Waals surface area contributed by atoms with Crippen molar-refractivity contribution in [3.63, 3.8) is 0 Å². The van der Waals surface area contributed by atoms with E-state index in [-0.39, 0.29) is 38.0 Å². The molecule has 0 saturated carbocycles. The van der Waals surface area contributed by atoms with Gasteiger partial charge in [-0.2, -0.15) is 0 Å². The van der Waals surface area contributed by atoms with Crippen LogP contribution in [-0.4, -0.2) is 96.2 Å². The summed E-state index contributed by atoms with van der Waals surface area (Å²) in [6.45, 7) is 5.15. The molecule has 42 heavy (non-hydrogen) atoms. The number of hydrogen-bond acceptors (Lipinski definition) is 8. The minimum Gasteiger partial charge on any atom is -0.493 e. The third-order valence-electron chi connectivity index (χ3n) is 7.18. The lowest BCUT2D eigenvalue weighted by atomic mass is 10.0.